The summed E-state index contributed by atoms with van der Waals surface area (Å²) in [5, 5.41) is 0.335. The van der Waals surface area contributed by atoms with Gasteiger partial charge in [0.25, 0.3) is 11.1 Å². The Morgan fingerprint density at radius 2 is 1.73 bits per heavy atom. The molecule has 1 aromatic heterocycles. The summed E-state index contributed by atoms with van der Waals surface area (Å²) in [5.74, 6) is -1.20. The van der Waals surface area contributed by atoms with Crippen molar-refractivity contribution in [1.82, 2.24) is 20.1 Å². The van der Waals surface area contributed by atoms with Crippen molar-refractivity contribution in [1.29, 1.82) is 0 Å². The first kappa shape index (κ1) is 21.8. The zero-order valence-electron chi connectivity index (χ0n) is 16.3. The van der Waals surface area contributed by atoms with Crippen molar-refractivity contribution >= 4 is 44.7 Å². The number of sulfonamides is 1. The molecule has 2 amide bonds. The van der Waals surface area contributed by atoms with Crippen molar-refractivity contribution in [3.05, 3.63) is 54.1 Å². The largest absolute Gasteiger partial charge is 0.431 e. The van der Waals surface area contributed by atoms with Crippen LogP contribution in [-0.4, -0.2) is 48.9 Å². The van der Waals surface area contributed by atoms with E-state index >= 15 is 0 Å². The Morgan fingerprint density at radius 3 is 2.43 bits per heavy atom. The maximum Gasteiger partial charge on any atom is 0.257 e. The lowest BCUT2D eigenvalue weighted by atomic mass is 10.2. The smallest absolute Gasteiger partial charge is 0.257 e. The van der Waals surface area contributed by atoms with E-state index in [-0.39, 0.29) is 10.6 Å². The quantitative estimate of drug-likeness (QED) is 0.417. The number of fused-ring (bicyclic) bond motifs is 1. The maximum atomic E-state index is 12.5. The fraction of sp³-hybridized carbons (Fsp3) is 0.211. The number of carbonyl (C=O) groups is 2. The number of hydrogen-bond donors (Lipinski definition) is 2. The highest BCUT2D eigenvalue weighted by atomic mass is 32.2. The first-order valence-electron chi connectivity index (χ1n) is 8.85. The van der Waals surface area contributed by atoms with E-state index in [0.717, 1.165) is 21.6 Å². The van der Waals surface area contributed by atoms with E-state index in [1.165, 1.54) is 19.2 Å². The molecule has 0 fully saturated rings. The topological polar surface area (TPSA) is 122 Å². The molecule has 0 saturated carbocycles. The molecule has 0 bridgehead atoms. The van der Waals surface area contributed by atoms with Crippen LogP contribution in [0.2, 0.25) is 0 Å². The van der Waals surface area contributed by atoms with E-state index in [9.17, 15) is 18.0 Å². The van der Waals surface area contributed by atoms with E-state index in [2.05, 4.69) is 15.8 Å². The van der Waals surface area contributed by atoms with Gasteiger partial charge in [-0.25, -0.2) is 13.4 Å². The SMILES string of the molecule is Cc1ccc(S(=O)(=O)N(C)CC(=O)NNC(=O)CSc2nc3ccccc3o2)cc1. The van der Waals surface area contributed by atoms with E-state index < -0.39 is 28.4 Å². The highest BCUT2D eigenvalue weighted by Crippen LogP contribution is 2.22. The molecule has 1 heterocycles. The van der Waals surface area contributed by atoms with Crippen molar-refractivity contribution in [3.63, 3.8) is 0 Å². The molecule has 3 aromatic rings. The van der Waals surface area contributed by atoms with Gasteiger partial charge < -0.3 is 4.42 Å². The van der Waals surface area contributed by atoms with Gasteiger partial charge >= 0.3 is 0 Å². The minimum atomic E-state index is -3.81. The van der Waals surface area contributed by atoms with Gasteiger partial charge in [-0.05, 0) is 31.2 Å². The number of amides is 2. The van der Waals surface area contributed by atoms with Crippen LogP contribution in [0.5, 0.6) is 0 Å². The lowest BCUT2D eigenvalue weighted by molar-refractivity contribution is -0.127. The Balaban J connectivity index is 1.46. The van der Waals surface area contributed by atoms with Crippen molar-refractivity contribution in [2.45, 2.75) is 17.0 Å². The summed E-state index contributed by atoms with van der Waals surface area (Å²) in [5.41, 5.74) is 6.67. The van der Waals surface area contributed by atoms with Gasteiger partial charge in [0.15, 0.2) is 5.58 Å². The van der Waals surface area contributed by atoms with Crippen molar-refractivity contribution < 1.29 is 22.4 Å². The molecule has 9 nitrogen and oxygen atoms in total. The number of nitrogens with zero attached hydrogens (tertiary/aromatic N) is 2. The molecule has 3 rings (SSSR count). The van der Waals surface area contributed by atoms with E-state index in [0.29, 0.717) is 16.3 Å². The molecular weight excluding hydrogens is 428 g/mol. The molecule has 0 spiro atoms. The number of aryl methyl sites for hydroxylation is 1. The van der Waals surface area contributed by atoms with Gasteiger partial charge in [0.1, 0.15) is 5.52 Å². The highest BCUT2D eigenvalue weighted by Gasteiger charge is 2.23. The lowest BCUT2D eigenvalue weighted by Crippen LogP contribution is -2.47. The predicted octanol–water partition coefficient (Wildman–Crippen LogP) is 1.70. The predicted molar refractivity (Wildman–Crippen MR) is 112 cm³/mol. The number of thioether (sulfide) groups is 1. The van der Waals surface area contributed by atoms with Crippen LogP contribution in [0.15, 0.2) is 63.1 Å². The third kappa shape index (κ3) is 5.38. The van der Waals surface area contributed by atoms with Crippen molar-refractivity contribution in [2.24, 2.45) is 0 Å². The van der Waals surface area contributed by atoms with Crippen LogP contribution in [-0.2, 0) is 19.6 Å². The number of hydrazine groups is 1. The summed E-state index contributed by atoms with van der Waals surface area (Å²) in [6.07, 6.45) is 0. The summed E-state index contributed by atoms with van der Waals surface area (Å²) in [7, 11) is -2.52. The van der Waals surface area contributed by atoms with Crippen LogP contribution >= 0.6 is 11.8 Å². The van der Waals surface area contributed by atoms with Gasteiger partial charge in [0, 0.05) is 7.05 Å². The van der Waals surface area contributed by atoms with Crippen LogP contribution in [0.1, 0.15) is 5.56 Å². The highest BCUT2D eigenvalue weighted by molar-refractivity contribution is 7.99. The van der Waals surface area contributed by atoms with Gasteiger partial charge in [-0.3, -0.25) is 20.4 Å². The van der Waals surface area contributed by atoms with Crippen LogP contribution in [0.4, 0.5) is 0 Å². The number of nitrogens with one attached hydrogen (secondary N) is 2. The molecule has 0 aliphatic carbocycles. The van der Waals surface area contributed by atoms with E-state index in [1.807, 2.05) is 19.1 Å². The van der Waals surface area contributed by atoms with Crippen LogP contribution in [0.3, 0.4) is 0 Å². The minimum Gasteiger partial charge on any atom is -0.431 e. The Morgan fingerprint density at radius 1 is 1.07 bits per heavy atom. The molecular formula is C19H20N4O5S2. The number of para-hydroxylation sites is 2. The molecule has 0 aliphatic heterocycles. The van der Waals surface area contributed by atoms with Crippen LogP contribution in [0, 0.1) is 6.92 Å². The van der Waals surface area contributed by atoms with Gasteiger partial charge in [0.2, 0.25) is 15.9 Å². The Kier molecular flexibility index (Phi) is 6.75. The van der Waals surface area contributed by atoms with Gasteiger partial charge in [-0.2, -0.15) is 4.31 Å². The zero-order chi connectivity index (χ0) is 21.7. The number of oxazole rings is 1. The van der Waals surface area contributed by atoms with Crippen molar-refractivity contribution in [3.8, 4) is 0 Å². The number of carbonyl (C=O) groups excluding carboxylic acids is 2. The molecule has 0 saturated heterocycles. The van der Waals surface area contributed by atoms with Gasteiger partial charge in [-0.1, -0.05) is 41.6 Å². The number of benzene rings is 2. The number of hydrogen-bond acceptors (Lipinski definition) is 7. The second kappa shape index (κ2) is 9.28. The molecule has 0 unspecified atom stereocenters. The first-order chi connectivity index (χ1) is 14.3. The fourth-order valence-corrected chi connectivity index (χ4v) is 4.20. The molecule has 2 N–H and O–H groups in total. The number of rotatable bonds is 7. The normalized spacial score (nSPS) is 11.6. The molecule has 158 valence electrons. The number of aromatic nitrogens is 1. The third-order valence-electron chi connectivity index (χ3n) is 4.04. The molecule has 2 aromatic carbocycles. The Bertz CT molecular complexity index is 1130. The van der Waals surface area contributed by atoms with Crippen molar-refractivity contribution in [2.75, 3.05) is 19.3 Å². The molecule has 11 heteroatoms. The average molecular weight is 449 g/mol. The second-order valence-corrected chi connectivity index (χ2v) is 9.38. The summed E-state index contributed by atoms with van der Waals surface area (Å²) < 4.78 is 31.4. The van der Waals surface area contributed by atoms with E-state index in [4.69, 9.17) is 4.42 Å². The molecule has 0 atom stereocenters. The third-order valence-corrected chi connectivity index (χ3v) is 6.68. The first-order valence-corrected chi connectivity index (χ1v) is 11.3. The number of likely N-dealkylation sites (N-methyl/N-ethyl adjacent to an activating group) is 1. The van der Waals surface area contributed by atoms with E-state index in [1.54, 1.807) is 24.3 Å². The van der Waals surface area contributed by atoms with Crippen LogP contribution < -0.4 is 10.9 Å². The standard InChI is InChI=1S/C19H20N4O5S2/c1-13-7-9-14(10-8-13)30(26,27)23(2)11-17(24)21-22-18(25)12-29-19-20-15-5-3-4-6-16(15)28-19/h3-10H,11-12H2,1-2H3,(H,21,24)(H,22,25). The Labute approximate surface area is 177 Å². The summed E-state index contributed by atoms with van der Waals surface area (Å²) in [4.78, 5) is 28.3. The minimum absolute atomic E-state index is 0.0371. The fourth-order valence-electron chi connectivity index (χ4n) is 2.43. The summed E-state index contributed by atoms with van der Waals surface area (Å²) >= 11 is 1.08. The zero-order valence-corrected chi connectivity index (χ0v) is 17.9. The van der Waals surface area contributed by atoms with Gasteiger partial charge in [0.05, 0.1) is 17.2 Å². The second-order valence-electron chi connectivity index (χ2n) is 6.41. The molecule has 0 radical (unpaired) electrons. The lowest BCUT2D eigenvalue weighted by Gasteiger charge is -2.17. The van der Waals surface area contributed by atoms with Gasteiger partial charge in [-0.15, -0.1) is 0 Å². The average Bonchev–Trinajstić information content (AvgIpc) is 3.14. The summed E-state index contributed by atoms with van der Waals surface area (Å²) in [6, 6.07) is 13.5. The van der Waals surface area contributed by atoms with Crippen LogP contribution in [0.25, 0.3) is 11.1 Å². The summed E-state index contributed by atoms with van der Waals surface area (Å²) in [6.45, 7) is 1.40. The monoisotopic (exact) mass is 448 g/mol. The molecule has 30 heavy (non-hydrogen) atoms. The molecule has 0 aliphatic rings. The Hall–Kier alpha value is -2.89. The maximum absolute atomic E-state index is 12.5.